The number of carbonyl (C=O) groups excluding carboxylic acids is 1. The number of morpholine rings is 1. The summed E-state index contributed by atoms with van der Waals surface area (Å²) in [5.74, 6) is 0.267. The number of carbonyl (C=O) groups is 1. The van der Waals surface area contributed by atoms with Gasteiger partial charge in [0.2, 0.25) is 0 Å². The number of hydrogen-bond acceptors (Lipinski definition) is 4. The highest BCUT2D eigenvalue weighted by Crippen LogP contribution is 2.36. The summed E-state index contributed by atoms with van der Waals surface area (Å²) in [6, 6.07) is 14.6. The minimum atomic E-state index is 0.0499. The van der Waals surface area contributed by atoms with E-state index >= 15 is 0 Å². The number of ether oxygens (including phenoxy) is 1. The number of fused-ring (bicyclic) bond motifs is 5. The molecule has 2 aliphatic rings. The van der Waals surface area contributed by atoms with Gasteiger partial charge < -0.3 is 9.15 Å². The summed E-state index contributed by atoms with van der Waals surface area (Å²) >= 11 is 0. The molecule has 2 bridgehead atoms. The Labute approximate surface area is 146 Å². The molecule has 2 aliphatic heterocycles. The molecule has 2 fully saturated rings. The van der Waals surface area contributed by atoms with Gasteiger partial charge in [0, 0.05) is 28.8 Å². The molecular formula is C21H21NO3. The minimum absolute atomic E-state index is 0.0499. The van der Waals surface area contributed by atoms with Gasteiger partial charge in [0.25, 0.3) is 0 Å². The molecule has 0 amide bonds. The van der Waals surface area contributed by atoms with Crippen molar-refractivity contribution in [3.05, 3.63) is 48.0 Å². The van der Waals surface area contributed by atoms with E-state index in [-0.39, 0.29) is 11.7 Å². The number of para-hydroxylation sites is 2. The molecule has 3 aromatic rings. The predicted molar refractivity (Wildman–Crippen MR) is 96.9 cm³/mol. The lowest BCUT2D eigenvalue weighted by Gasteiger charge is -2.46. The maximum absolute atomic E-state index is 13.3. The Morgan fingerprint density at radius 1 is 1.00 bits per heavy atom. The summed E-state index contributed by atoms with van der Waals surface area (Å²) in [4.78, 5) is 15.7. The van der Waals surface area contributed by atoms with Crippen LogP contribution in [-0.4, -0.2) is 43.0 Å². The van der Waals surface area contributed by atoms with Crippen molar-refractivity contribution in [2.24, 2.45) is 5.92 Å². The zero-order valence-electron chi connectivity index (χ0n) is 14.3. The van der Waals surface area contributed by atoms with Crippen LogP contribution < -0.4 is 0 Å². The SMILES string of the molecule is CN1C2COCC1CC(C(=O)c1cccc3c1oc1ccccc13)C2. The zero-order valence-corrected chi connectivity index (χ0v) is 14.3. The van der Waals surface area contributed by atoms with Crippen molar-refractivity contribution in [1.82, 2.24) is 4.90 Å². The molecule has 25 heavy (non-hydrogen) atoms. The Balaban J connectivity index is 1.56. The lowest BCUT2D eigenvalue weighted by atomic mass is 9.81. The molecule has 4 heteroatoms. The molecule has 2 saturated heterocycles. The second kappa shape index (κ2) is 5.68. The zero-order chi connectivity index (χ0) is 17.0. The van der Waals surface area contributed by atoms with Crippen LogP contribution in [0.3, 0.4) is 0 Å². The van der Waals surface area contributed by atoms with Crippen molar-refractivity contribution in [2.75, 3.05) is 20.3 Å². The number of benzene rings is 2. The highest BCUT2D eigenvalue weighted by atomic mass is 16.5. The fourth-order valence-electron chi connectivity index (χ4n) is 4.47. The number of piperidine rings is 1. The average Bonchev–Trinajstić information content (AvgIpc) is 2.99. The van der Waals surface area contributed by atoms with Crippen molar-refractivity contribution in [2.45, 2.75) is 24.9 Å². The van der Waals surface area contributed by atoms with Gasteiger partial charge in [-0.05, 0) is 32.0 Å². The van der Waals surface area contributed by atoms with E-state index < -0.39 is 0 Å². The topological polar surface area (TPSA) is 42.7 Å². The maximum atomic E-state index is 13.3. The number of likely N-dealkylation sites (N-methyl/N-ethyl adjacent to an activating group) is 1. The van der Waals surface area contributed by atoms with Crippen molar-refractivity contribution < 1.29 is 13.9 Å². The summed E-state index contributed by atoms with van der Waals surface area (Å²) < 4.78 is 11.7. The van der Waals surface area contributed by atoms with Gasteiger partial charge in [0.15, 0.2) is 5.78 Å². The minimum Gasteiger partial charge on any atom is -0.455 e. The summed E-state index contributed by atoms with van der Waals surface area (Å²) in [5.41, 5.74) is 2.29. The second-order valence-electron chi connectivity index (χ2n) is 7.32. The van der Waals surface area contributed by atoms with Gasteiger partial charge in [-0.3, -0.25) is 9.69 Å². The molecule has 3 heterocycles. The van der Waals surface area contributed by atoms with E-state index in [9.17, 15) is 4.79 Å². The third-order valence-electron chi connectivity index (χ3n) is 5.93. The number of rotatable bonds is 2. The Hall–Kier alpha value is -2.17. The summed E-state index contributed by atoms with van der Waals surface area (Å²) in [7, 11) is 2.15. The first-order valence-electron chi connectivity index (χ1n) is 8.96. The van der Waals surface area contributed by atoms with Crippen LogP contribution in [0.25, 0.3) is 21.9 Å². The Morgan fingerprint density at radius 3 is 2.52 bits per heavy atom. The monoisotopic (exact) mass is 335 g/mol. The number of hydrogen-bond donors (Lipinski definition) is 0. The number of Topliss-reactive ketones (excluding diaryl/α,β-unsaturated/α-hetero) is 1. The van der Waals surface area contributed by atoms with Crippen LogP contribution in [-0.2, 0) is 4.74 Å². The molecule has 2 aromatic carbocycles. The van der Waals surface area contributed by atoms with Crippen LogP contribution >= 0.6 is 0 Å². The van der Waals surface area contributed by atoms with Gasteiger partial charge in [0.05, 0.1) is 18.8 Å². The molecule has 128 valence electrons. The lowest BCUT2D eigenvalue weighted by molar-refractivity contribution is -0.0702. The van der Waals surface area contributed by atoms with Crippen LogP contribution in [0.5, 0.6) is 0 Å². The van der Waals surface area contributed by atoms with Crippen LogP contribution in [0.4, 0.5) is 0 Å². The fourth-order valence-corrected chi connectivity index (χ4v) is 4.47. The maximum Gasteiger partial charge on any atom is 0.169 e. The van der Waals surface area contributed by atoms with Gasteiger partial charge in [0.1, 0.15) is 11.2 Å². The summed E-state index contributed by atoms with van der Waals surface area (Å²) in [6.45, 7) is 1.46. The molecular weight excluding hydrogens is 314 g/mol. The van der Waals surface area contributed by atoms with E-state index in [0.29, 0.717) is 12.1 Å². The lowest BCUT2D eigenvalue weighted by Crippen LogP contribution is -2.55. The first kappa shape index (κ1) is 15.1. The average molecular weight is 335 g/mol. The summed E-state index contributed by atoms with van der Waals surface area (Å²) in [5, 5.41) is 2.10. The van der Waals surface area contributed by atoms with E-state index in [1.165, 1.54) is 0 Å². The van der Waals surface area contributed by atoms with Gasteiger partial charge in [-0.2, -0.15) is 0 Å². The molecule has 2 atom stereocenters. The van der Waals surface area contributed by atoms with Crippen LogP contribution in [0, 0.1) is 5.92 Å². The number of furan rings is 1. The third kappa shape index (κ3) is 2.32. The Kier molecular flexibility index (Phi) is 3.43. The first-order valence-corrected chi connectivity index (χ1v) is 8.96. The standard InChI is InChI=1S/C21H21NO3/c1-22-14-9-13(10-15(22)12-24-11-14)20(23)18-7-4-6-17-16-5-2-3-8-19(16)25-21(17)18/h2-8,13-15H,9-12H2,1H3. The number of nitrogens with zero attached hydrogens (tertiary/aromatic N) is 1. The molecule has 0 N–H and O–H groups in total. The second-order valence-corrected chi connectivity index (χ2v) is 7.32. The Morgan fingerprint density at radius 2 is 1.72 bits per heavy atom. The molecule has 0 aliphatic carbocycles. The quantitative estimate of drug-likeness (QED) is 0.667. The van der Waals surface area contributed by atoms with Crippen molar-refractivity contribution >= 4 is 27.7 Å². The Bertz CT molecular complexity index is 946. The summed E-state index contributed by atoms with van der Waals surface area (Å²) in [6.07, 6.45) is 1.73. The van der Waals surface area contributed by atoms with Crippen LogP contribution in [0.15, 0.2) is 46.9 Å². The van der Waals surface area contributed by atoms with Crippen molar-refractivity contribution in [1.29, 1.82) is 0 Å². The smallest absolute Gasteiger partial charge is 0.169 e. The first-order chi connectivity index (χ1) is 12.2. The van der Waals surface area contributed by atoms with Crippen LogP contribution in [0.1, 0.15) is 23.2 Å². The largest absolute Gasteiger partial charge is 0.455 e. The van der Waals surface area contributed by atoms with E-state index in [2.05, 4.69) is 11.9 Å². The molecule has 5 rings (SSSR count). The molecule has 2 unspecified atom stereocenters. The highest BCUT2D eigenvalue weighted by Gasteiger charge is 2.40. The van der Waals surface area contributed by atoms with Gasteiger partial charge in [-0.25, -0.2) is 0 Å². The highest BCUT2D eigenvalue weighted by molar-refractivity contribution is 6.14. The van der Waals surface area contributed by atoms with Crippen molar-refractivity contribution in [3.8, 4) is 0 Å². The van der Waals surface area contributed by atoms with Crippen LogP contribution in [0.2, 0.25) is 0 Å². The molecule has 0 spiro atoms. The van der Waals surface area contributed by atoms with Gasteiger partial charge in [-0.1, -0.05) is 30.3 Å². The fraction of sp³-hybridized carbons (Fsp3) is 0.381. The van der Waals surface area contributed by atoms with Gasteiger partial charge >= 0.3 is 0 Å². The molecule has 0 saturated carbocycles. The van der Waals surface area contributed by atoms with E-state index in [1.807, 2.05) is 42.5 Å². The van der Waals surface area contributed by atoms with Crippen molar-refractivity contribution in [3.63, 3.8) is 0 Å². The van der Waals surface area contributed by atoms with E-state index in [1.54, 1.807) is 0 Å². The molecule has 4 nitrogen and oxygen atoms in total. The third-order valence-corrected chi connectivity index (χ3v) is 5.93. The number of ketones is 1. The van der Waals surface area contributed by atoms with E-state index in [4.69, 9.17) is 9.15 Å². The normalized spacial score (nSPS) is 27.0. The molecule has 1 aromatic heterocycles. The van der Waals surface area contributed by atoms with Gasteiger partial charge in [-0.15, -0.1) is 0 Å². The molecule has 0 radical (unpaired) electrons. The van der Waals surface area contributed by atoms with E-state index in [0.717, 1.165) is 53.6 Å². The predicted octanol–water partition coefficient (Wildman–Crippen LogP) is 3.88.